The number of aliphatic imine (C=N–C) groups is 1. The van der Waals surface area contributed by atoms with E-state index in [0.29, 0.717) is 39.6 Å². The van der Waals surface area contributed by atoms with Crippen LogP contribution in [0.1, 0.15) is 15.9 Å². The number of amides is 1. The lowest BCUT2D eigenvalue weighted by Crippen LogP contribution is -2.35. The molecule has 1 heterocycles. The second-order valence-electron chi connectivity index (χ2n) is 4.80. The molecule has 0 spiro atoms. The maximum absolute atomic E-state index is 12.7. The molecule has 1 aliphatic rings. The van der Waals surface area contributed by atoms with E-state index in [9.17, 15) is 4.79 Å². The first-order valence-corrected chi connectivity index (χ1v) is 7.77. The molecule has 0 N–H and O–H groups in total. The first kappa shape index (κ1) is 15.3. The van der Waals surface area contributed by atoms with Crippen molar-refractivity contribution in [3.05, 3.63) is 68.7 Å². The SMILES string of the molecule is O=C(c1ccc(Cl)cc1Cl)N1CCN=C1c1cccc(Cl)c1. The van der Waals surface area contributed by atoms with Crippen LogP contribution in [0.15, 0.2) is 47.5 Å². The van der Waals surface area contributed by atoms with E-state index in [1.165, 1.54) is 0 Å². The van der Waals surface area contributed by atoms with Crippen molar-refractivity contribution in [2.75, 3.05) is 13.1 Å². The van der Waals surface area contributed by atoms with E-state index in [4.69, 9.17) is 34.8 Å². The van der Waals surface area contributed by atoms with E-state index in [-0.39, 0.29) is 5.91 Å². The minimum atomic E-state index is -0.196. The van der Waals surface area contributed by atoms with Crippen molar-refractivity contribution in [3.63, 3.8) is 0 Å². The first-order chi connectivity index (χ1) is 10.6. The molecule has 22 heavy (non-hydrogen) atoms. The Hall–Kier alpha value is -1.55. The molecule has 0 aliphatic carbocycles. The van der Waals surface area contributed by atoms with Gasteiger partial charge in [-0.05, 0) is 30.3 Å². The molecule has 1 aliphatic heterocycles. The van der Waals surface area contributed by atoms with Gasteiger partial charge in [-0.25, -0.2) is 0 Å². The summed E-state index contributed by atoms with van der Waals surface area (Å²) in [6.45, 7) is 1.07. The summed E-state index contributed by atoms with van der Waals surface area (Å²) < 4.78 is 0. The van der Waals surface area contributed by atoms with Crippen LogP contribution in [0, 0.1) is 0 Å². The number of rotatable bonds is 2. The molecule has 3 nitrogen and oxygen atoms in total. The Kier molecular flexibility index (Phi) is 4.39. The summed E-state index contributed by atoms with van der Waals surface area (Å²) in [5.41, 5.74) is 1.21. The summed E-state index contributed by atoms with van der Waals surface area (Å²) in [5.74, 6) is 0.413. The highest BCUT2D eigenvalue weighted by atomic mass is 35.5. The van der Waals surface area contributed by atoms with E-state index in [1.54, 1.807) is 35.2 Å². The fourth-order valence-corrected chi connectivity index (χ4v) is 3.01. The van der Waals surface area contributed by atoms with Crippen molar-refractivity contribution in [1.29, 1.82) is 0 Å². The molecule has 0 bridgehead atoms. The number of nitrogens with zero attached hydrogens (tertiary/aromatic N) is 2. The van der Waals surface area contributed by atoms with Gasteiger partial charge >= 0.3 is 0 Å². The van der Waals surface area contributed by atoms with Gasteiger partial charge in [-0.3, -0.25) is 14.7 Å². The lowest BCUT2D eigenvalue weighted by Gasteiger charge is -2.19. The lowest BCUT2D eigenvalue weighted by molar-refractivity contribution is 0.0858. The maximum atomic E-state index is 12.7. The molecule has 112 valence electrons. The van der Waals surface area contributed by atoms with Crippen LogP contribution in [-0.4, -0.2) is 29.7 Å². The lowest BCUT2D eigenvalue weighted by atomic mass is 10.1. The van der Waals surface area contributed by atoms with Crippen molar-refractivity contribution < 1.29 is 4.79 Å². The monoisotopic (exact) mass is 352 g/mol. The van der Waals surface area contributed by atoms with Crippen LogP contribution in [0.2, 0.25) is 15.1 Å². The third kappa shape index (κ3) is 2.98. The van der Waals surface area contributed by atoms with Crippen molar-refractivity contribution in [2.45, 2.75) is 0 Å². The third-order valence-corrected chi connectivity index (χ3v) is 4.11. The minimum Gasteiger partial charge on any atom is -0.291 e. The Morgan fingerprint density at radius 2 is 1.82 bits per heavy atom. The molecule has 6 heteroatoms. The van der Waals surface area contributed by atoms with Crippen LogP contribution in [0.4, 0.5) is 0 Å². The smallest absolute Gasteiger partial charge is 0.261 e. The van der Waals surface area contributed by atoms with Crippen molar-refractivity contribution >= 4 is 46.5 Å². The Labute approximate surface area is 143 Å². The van der Waals surface area contributed by atoms with E-state index in [0.717, 1.165) is 5.56 Å². The third-order valence-electron chi connectivity index (χ3n) is 3.33. The van der Waals surface area contributed by atoms with Crippen LogP contribution in [0.5, 0.6) is 0 Å². The van der Waals surface area contributed by atoms with E-state index >= 15 is 0 Å². The second-order valence-corrected chi connectivity index (χ2v) is 6.08. The van der Waals surface area contributed by atoms with Gasteiger partial charge in [-0.15, -0.1) is 0 Å². The van der Waals surface area contributed by atoms with Crippen molar-refractivity contribution in [2.24, 2.45) is 4.99 Å². The fraction of sp³-hybridized carbons (Fsp3) is 0.125. The fourth-order valence-electron chi connectivity index (χ4n) is 2.33. The zero-order valence-electron chi connectivity index (χ0n) is 11.4. The molecule has 0 aromatic heterocycles. The molecule has 2 aromatic carbocycles. The Bertz CT molecular complexity index is 774. The van der Waals surface area contributed by atoms with Crippen LogP contribution in [0.3, 0.4) is 0 Å². The number of halogens is 3. The molecular formula is C16H11Cl3N2O. The van der Waals surface area contributed by atoms with E-state index in [2.05, 4.69) is 4.99 Å². The molecule has 0 saturated carbocycles. The predicted molar refractivity (Wildman–Crippen MR) is 90.4 cm³/mol. The standard InChI is InChI=1S/C16H11Cl3N2O/c17-11-3-1-2-10(8-11)15-20-6-7-21(15)16(22)13-5-4-12(18)9-14(13)19/h1-5,8-9H,6-7H2. The zero-order valence-corrected chi connectivity index (χ0v) is 13.7. The number of hydrogen-bond acceptors (Lipinski definition) is 2. The average Bonchev–Trinajstić information content (AvgIpc) is 2.96. The number of amidine groups is 1. The van der Waals surface area contributed by atoms with Gasteiger partial charge in [0.2, 0.25) is 0 Å². The highest BCUT2D eigenvalue weighted by Crippen LogP contribution is 2.24. The quantitative estimate of drug-likeness (QED) is 0.779. The summed E-state index contributed by atoms with van der Waals surface area (Å²) in [5, 5.41) is 1.42. The summed E-state index contributed by atoms with van der Waals surface area (Å²) in [7, 11) is 0. The average molecular weight is 354 g/mol. The highest BCUT2D eigenvalue weighted by molar-refractivity contribution is 6.37. The van der Waals surface area contributed by atoms with E-state index in [1.807, 2.05) is 12.1 Å². The van der Waals surface area contributed by atoms with Gasteiger partial charge in [0.05, 0.1) is 17.1 Å². The largest absolute Gasteiger partial charge is 0.291 e. The second kappa shape index (κ2) is 6.29. The molecule has 1 amide bonds. The van der Waals surface area contributed by atoms with Gasteiger partial charge in [-0.1, -0.05) is 46.9 Å². The maximum Gasteiger partial charge on any atom is 0.261 e. The van der Waals surface area contributed by atoms with Gasteiger partial charge in [0.15, 0.2) is 0 Å². The Morgan fingerprint density at radius 3 is 2.55 bits per heavy atom. The van der Waals surface area contributed by atoms with Gasteiger partial charge < -0.3 is 0 Å². The Balaban J connectivity index is 1.94. The first-order valence-electron chi connectivity index (χ1n) is 6.63. The van der Waals surface area contributed by atoms with Crippen LogP contribution in [0.25, 0.3) is 0 Å². The van der Waals surface area contributed by atoms with Crippen molar-refractivity contribution in [1.82, 2.24) is 4.90 Å². The topological polar surface area (TPSA) is 32.7 Å². The van der Waals surface area contributed by atoms with E-state index < -0.39 is 0 Å². The normalized spacial score (nSPS) is 14.1. The Morgan fingerprint density at radius 1 is 1.05 bits per heavy atom. The summed E-state index contributed by atoms with van der Waals surface area (Å²) in [6.07, 6.45) is 0. The molecular weight excluding hydrogens is 343 g/mol. The van der Waals surface area contributed by atoms with Crippen LogP contribution >= 0.6 is 34.8 Å². The number of hydrogen-bond donors (Lipinski definition) is 0. The molecule has 0 atom stereocenters. The molecule has 0 saturated heterocycles. The molecule has 2 aromatic rings. The number of carbonyl (C=O) groups is 1. The summed E-state index contributed by atoms with van der Waals surface area (Å²) in [6, 6.07) is 12.1. The molecule has 0 unspecified atom stereocenters. The molecule has 0 fully saturated rings. The summed E-state index contributed by atoms with van der Waals surface area (Å²) >= 11 is 18.0. The molecule has 3 rings (SSSR count). The van der Waals surface area contributed by atoms with Crippen LogP contribution < -0.4 is 0 Å². The summed E-state index contributed by atoms with van der Waals surface area (Å²) in [4.78, 5) is 18.8. The van der Waals surface area contributed by atoms with Crippen LogP contribution in [-0.2, 0) is 0 Å². The van der Waals surface area contributed by atoms with Gasteiger partial charge in [-0.2, -0.15) is 0 Å². The highest BCUT2D eigenvalue weighted by Gasteiger charge is 2.27. The van der Waals surface area contributed by atoms with Gasteiger partial charge in [0, 0.05) is 22.2 Å². The number of benzene rings is 2. The van der Waals surface area contributed by atoms with Gasteiger partial charge in [0.1, 0.15) is 5.84 Å². The predicted octanol–water partition coefficient (Wildman–Crippen LogP) is 4.55. The minimum absolute atomic E-state index is 0.196. The molecule has 0 radical (unpaired) electrons. The van der Waals surface area contributed by atoms with Crippen molar-refractivity contribution in [3.8, 4) is 0 Å². The number of carbonyl (C=O) groups excluding carboxylic acids is 1. The zero-order chi connectivity index (χ0) is 15.7. The van der Waals surface area contributed by atoms with Gasteiger partial charge in [0.25, 0.3) is 5.91 Å².